The predicted octanol–water partition coefficient (Wildman–Crippen LogP) is 1.16. The van der Waals surface area contributed by atoms with Crippen LogP contribution in [0.25, 0.3) is 0 Å². The molecule has 0 aromatic carbocycles. The van der Waals surface area contributed by atoms with Crippen LogP contribution >= 0.6 is 0 Å². The molecule has 0 unspecified atom stereocenters. The molecule has 1 fully saturated rings. The highest BCUT2D eigenvalue weighted by Gasteiger charge is 2.28. The Morgan fingerprint density at radius 1 is 1.26 bits per heavy atom. The van der Waals surface area contributed by atoms with Gasteiger partial charge < -0.3 is 10.6 Å². The normalized spacial score (nSPS) is 15.3. The van der Waals surface area contributed by atoms with Gasteiger partial charge in [0.2, 0.25) is 0 Å². The van der Waals surface area contributed by atoms with Crippen LogP contribution in [-0.2, 0) is 9.84 Å². The number of aromatic nitrogens is 2. The Labute approximate surface area is 114 Å². The fourth-order valence-corrected chi connectivity index (χ4v) is 2.30. The van der Waals surface area contributed by atoms with Crippen LogP contribution in [0.2, 0.25) is 0 Å². The number of rotatable bonds is 6. The van der Waals surface area contributed by atoms with E-state index in [1.807, 2.05) is 14.0 Å². The first kappa shape index (κ1) is 14.0. The van der Waals surface area contributed by atoms with Gasteiger partial charge in [-0.2, -0.15) is 0 Å². The zero-order valence-electron chi connectivity index (χ0n) is 11.5. The van der Waals surface area contributed by atoms with Gasteiger partial charge >= 0.3 is 0 Å². The van der Waals surface area contributed by atoms with Gasteiger partial charge in [-0.25, -0.2) is 18.4 Å². The van der Waals surface area contributed by atoms with E-state index in [2.05, 4.69) is 20.6 Å². The molecule has 6 nitrogen and oxygen atoms in total. The molecular weight excluding hydrogens is 264 g/mol. The van der Waals surface area contributed by atoms with Gasteiger partial charge in [0.1, 0.15) is 27.3 Å². The molecule has 1 heterocycles. The highest BCUT2D eigenvalue weighted by atomic mass is 32.2. The smallest absolute Gasteiger partial charge is 0.149 e. The van der Waals surface area contributed by atoms with Crippen molar-refractivity contribution in [2.75, 3.05) is 36.2 Å². The molecule has 19 heavy (non-hydrogen) atoms. The molecule has 0 radical (unpaired) electrons. The van der Waals surface area contributed by atoms with Crippen molar-refractivity contribution in [3.05, 3.63) is 11.4 Å². The number of sulfone groups is 1. The molecule has 1 aliphatic rings. The molecular formula is C12H20N4O2S. The second kappa shape index (κ2) is 5.32. The van der Waals surface area contributed by atoms with Gasteiger partial charge in [-0.3, -0.25) is 0 Å². The summed E-state index contributed by atoms with van der Waals surface area (Å²) in [5, 5.41) is 6.15. The first-order chi connectivity index (χ1) is 8.90. The summed E-state index contributed by atoms with van der Waals surface area (Å²) in [5.41, 5.74) is 0.917. The summed E-state index contributed by atoms with van der Waals surface area (Å²) in [6.07, 6.45) is 3.50. The lowest BCUT2D eigenvalue weighted by atomic mass is 10.2. The van der Waals surface area contributed by atoms with Crippen LogP contribution in [0, 0.1) is 6.92 Å². The fraction of sp³-hybridized carbons (Fsp3) is 0.667. The quantitative estimate of drug-likeness (QED) is 0.815. The third-order valence-electron chi connectivity index (χ3n) is 3.11. The van der Waals surface area contributed by atoms with E-state index in [0.29, 0.717) is 12.5 Å². The van der Waals surface area contributed by atoms with Gasteiger partial charge in [-0.05, 0) is 19.8 Å². The summed E-state index contributed by atoms with van der Waals surface area (Å²) in [7, 11) is -1.13. The van der Waals surface area contributed by atoms with Crippen LogP contribution in [0.5, 0.6) is 0 Å². The average molecular weight is 284 g/mol. The van der Waals surface area contributed by atoms with E-state index in [4.69, 9.17) is 0 Å². The molecule has 2 rings (SSSR count). The molecule has 2 N–H and O–H groups in total. The van der Waals surface area contributed by atoms with Gasteiger partial charge in [-0.1, -0.05) is 0 Å². The molecule has 1 aliphatic carbocycles. The summed E-state index contributed by atoms with van der Waals surface area (Å²) < 4.78 is 22.3. The van der Waals surface area contributed by atoms with E-state index in [1.165, 1.54) is 6.26 Å². The molecule has 7 heteroatoms. The van der Waals surface area contributed by atoms with E-state index < -0.39 is 9.84 Å². The second-order valence-electron chi connectivity index (χ2n) is 4.98. The molecule has 0 amide bonds. The highest BCUT2D eigenvalue weighted by molar-refractivity contribution is 7.90. The zero-order valence-corrected chi connectivity index (χ0v) is 12.3. The Morgan fingerprint density at radius 3 is 2.42 bits per heavy atom. The van der Waals surface area contributed by atoms with E-state index in [1.54, 1.807) is 0 Å². The number of anilines is 2. The Hall–Kier alpha value is -1.37. The topological polar surface area (TPSA) is 84.0 Å². The molecule has 0 saturated heterocycles. The van der Waals surface area contributed by atoms with E-state index in [-0.39, 0.29) is 5.75 Å². The summed E-state index contributed by atoms with van der Waals surface area (Å²) in [6.45, 7) is 2.29. The van der Waals surface area contributed by atoms with Gasteiger partial charge in [0.05, 0.1) is 5.75 Å². The highest BCUT2D eigenvalue weighted by Crippen LogP contribution is 2.39. The van der Waals surface area contributed by atoms with Crippen LogP contribution in [-0.4, -0.2) is 44.0 Å². The number of nitrogens with one attached hydrogen (secondary N) is 2. The maximum Gasteiger partial charge on any atom is 0.149 e. The Kier molecular flexibility index (Phi) is 3.93. The van der Waals surface area contributed by atoms with Crippen molar-refractivity contribution in [3.8, 4) is 0 Å². The summed E-state index contributed by atoms with van der Waals surface area (Å²) in [5.74, 6) is 2.94. The van der Waals surface area contributed by atoms with E-state index >= 15 is 0 Å². The lowest BCUT2D eigenvalue weighted by molar-refractivity contribution is 0.602. The molecule has 1 aromatic rings. The summed E-state index contributed by atoms with van der Waals surface area (Å²) in [6, 6.07) is 0. The minimum atomic E-state index is -2.96. The predicted molar refractivity (Wildman–Crippen MR) is 76.5 cm³/mol. The van der Waals surface area contributed by atoms with Crippen molar-refractivity contribution in [2.24, 2.45) is 0 Å². The van der Waals surface area contributed by atoms with Crippen LogP contribution in [0.1, 0.15) is 30.1 Å². The first-order valence-electron chi connectivity index (χ1n) is 6.38. The molecule has 1 saturated carbocycles. The summed E-state index contributed by atoms with van der Waals surface area (Å²) >= 11 is 0. The number of nitrogens with zero attached hydrogens (tertiary/aromatic N) is 2. The monoisotopic (exact) mass is 284 g/mol. The first-order valence-corrected chi connectivity index (χ1v) is 8.44. The molecule has 0 bridgehead atoms. The molecule has 0 aliphatic heterocycles. The second-order valence-corrected chi connectivity index (χ2v) is 7.24. The molecule has 1 aromatic heterocycles. The third-order valence-corrected chi connectivity index (χ3v) is 4.05. The fourth-order valence-electron chi connectivity index (χ4n) is 1.83. The lowest BCUT2D eigenvalue weighted by Gasteiger charge is -2.13. The standard InChI is InChI=1S/C12H20N4O2S/c1-8-10(13-2)15-12(9-4-5-9)16-11(8)14-6-7-19(3,17)18/h9H,4-7H2,1-3H3,(H2,13,14,15,16). The van der Waals surface area contributed by atoms with Gasteiger partial charge in [-0.15, -0.1) is 0 Å². The van der Waals surface area contributed by atoms with Crippen LogP contribution < -0.4 is 10.6 Å². The largest absolute Gasteiger partial charge is 0.373 e. The average Bonchev–Trinajstić information content (AvgIpc) is 3.13. The van der Waals surface area contributed by atoms with Crippen LogP contribution in [0.15, 0.2) is 0 Å². The van der Waals surface area contributed by atoms with Gasteiger partial charge in [0, 0.05) is 31.3 Å². The Balaban J connectivity index is 2.15. The molecule has 0 spiro atoms. The van der Waals surface area contributed by atoms with Crippen molar-refractivity contribution in [1.29, 1.82) is 0 Å². The maximum absolute atomic E-state index is 11.1. The van der Waals surface area contributed by atoms with Crippen molar-refractivity contribution in [2.45, 2.75) is 25.7 Å². The van der Waals surface area contributed by atoms with Crippen molar-refractivity contribution < 1.29 is 8.42 Å². The van der Waals surface area contributed by atoms with Crippen molar-refractivity contribution in [1.82, 2.24) is 9.97 Å². The van der Waals surface area contributed by atoms with Gasteiger partial charge in [0.25, 0.3) is 0 Å². The Morgan fingerprint density at radius 2 is 1.89 bits per heavy atom. The summed E-state index contributed by atoms with van der Waals surface area (Å²) in [4.78, 5) is 9.00. The van der Waals surface area contributed by atoms with E-state index in [9.17, 15) is 8.42 Å². The van der Waals surface area contributed by atoms with Crippen LogP contribution in [0.4, 0.5) is 11.6 Å². The number of hydrogen-bond acceptors (Lipinski definition) is 6. The Bertz CT molecular complexity index is 567. The minimum Gasteiger partial charge on any atom is -0.373 e. The van der Waals surface area contributed by atoms with Gasteiger partial charge in [0.15, 0.2) is 0 Å². The minimum absolute atomic E-state index is 0.101. The van der Waals surface area contributed by atoms with Crippen LogP contribution in [0.3, 0.4) is 0 Å². The lowest BCUT2D eigenvalue weighted by Crippen LogP contribution is -2.16. The SMILES string of the molecule is CNc1nc(C2CC2)nc(NCCS(C)(=O)=O)c1C. The van der Waals surface area contributed by atoms with Crippen molar-refractivity contribution in [3.63, 3.8) is 0 Å². The third kappa shape index (κ3) is 3.79. The number of hydrogen-bond donors (Lipinski definition) is 2. The molecule has 0 atom stereocenters. The van der Waals surface area contributed by atoms with E-state index in [0.717, 1.165) is 35.9 Å². The zero-order chi connectivity index (χ0) is 14.0. The van der Waals surface area contributed by atoms with Crippen molar-refractivity contribution >= 4 is 21.5 Å². The maximum atomic E-state index is 11.1. The molecule has 106 valence electrons.